The molecule has 1 aromatic rings. The minimum Gasteiger partial charge on any atom is -0.283 e. The number of hydrazine groups is 1. The topological polar surface area (TPSA) is 45.2 Å². The minimum absolute atomic E-state index is 0.0684. The van der Waals surface area contributed by atoms with Gasteiger partial charge in [-0.25, -0.2) is 0 Å². The molecule has 0 saturated carbocycles. The number of hydrogen-bond donors (Lipinski definition) is 1. The molecule has 2 rings (SSSR count). The van der Waals surface area contributed by atoms with Crippen LogP contribution in [-0.4, -0.2) is 17.4 Å². The van der Waals surface area contributed by atoms with Crippen molar-refractivity contribution in [2.45, 2.75) is 6.42 Å². The zero-order valence-corrected chi connectivity index (χ0v) is 6.53. The molecule has 0 atom stereocenters. The number of nitrogens with zero attached hydrogens (tertiary/aromatic N) is 2. The van der Waals surface area contributed by atoms with E-state index in [9.17, 15) is 4.79 Å². The predicted molar refractivity (Wildman–Crippen MR) is 44.3 cm³/mol. The van der Waals surface area contributed by atoms with Crippen LogP contribution in [0.5, 0.6) is 0 Å². The summed E-state index contributed by atoms with van der Waals surface area (Å²) in [5, 5.41) is 1.80. The van der Waals surface area contributed by atoms with Gasteiger partial charge in [-0.2, -0.15) is 0 Å². The van der Waals surface area contributed by atoms with Crippen LogP contribution >= 0.6 is 0 Å². The monoisotopic (exact) mass is 163 g/mol. The molecule has 0 spiro atoms. The Balaban J connectivity index is 2.16. The molecule has 0 unspecified atom stereocenters. The standard InChI is InChI=1S/C8H9N3O/c12-8-3-5-11(10-8)7-2-1-4-9-6-7/h1-2,4,6H,3,5H2,(H,10,12). The third-order valence-electron chi connectivity index (χ3n) is 1.78. The lowest BCUT2D eigenvalue weighted by Crippen LogP contribution is -2.32. The van der Waals surface area contributed by atoms with E-state index in [0.717, 1.165) is 12.2 Å². The second kappa shape index (κ2) is 2.81. The quantitative estimate of drug-likeness (QED) is 0.648. The summed E-state index contributed by atoms with van der Waals surface area (Å²) in [7, 11) is 0. The van der Waals surface area contributed by atoms with Crippen molar-refractivity contribution < 1.29 is 4.79 Å². The molecule has 2 heterocycles. The molecular formula is C8H9N3O. The molecule has 0 aliphatic carbocycles. The summed E-state index contributed by atoms with van der Waals surface area (Å²) in [6.45, 7) is 0.727. The number of rotatable bonds is 1. The largest absolute Gasteiger partial charge is 0.283 e. The van der Waals surface area contributed by atoms with Crippen LogP contribution < -0.4 is 10.4 Å². The number of aromatic nitrogens is 1. The molecule has 62 valence electrons. The normalized spacial score (nSPS) is 16.3. The molecular weight excluding hydrogens is 154 g/mol. The van der Waals surface area contributed by atoms with E-state index in [0.29, 0.717) is 6.42 Å². The van der Waals surface area contributed by atoms with E-state index in [4.69, 9.17) is 0 Å². The van der Waals surface area contributed by atoms with Gasteiger partial charge < -0.3 is 0 Å². The van der Waals surface area contributed by atoms with Gasteiger partial charge in [0.1, 0.15) is 0 Å². The zero-order valence-electron chi connectivity index (χ0n) is 6.53. The van der Waals surface area contributed by atoms with Crippen molar-refractivity contribution in [2.75, 3.05) is 11.6 Å². The van der Waals surface area contributed by atoms with Gasteiger partial charge in [0.15, 0.2) is 0 Å². The molecule has 1 aliphatic heterocycles. The fourth-order valence-corrected chi connectivity index (χ4v) is 1.18. The minimum atomic E-state index is 0.0684. The van der Waals surface area contributed by atoms with E-state index in [2.05, 4.69) is 10.4 Å². The van der Waals surface area contributed by atoms with Gasteiger partial charge in [0.05, 0.1) is 11.9 Å². The van der Waals surface area contributed by atoms with E-state index < -0.39 is 0 Å². The number of carbonyl (C=O) groups excluding carboxylic acids is 1. The van der Waals surface area contributed by atoms with Gasteiger partial charge in [0.2, 0.25) is 5.91 Å². The van der Waals surface area contributed by atoms with Crippen molar-refractivity contribution in [3.05, 3.63) is 24.5 Å². The van der Waals surface area contributed by atoms with Gasteiger partial charge in [0, 0.05) is 19.2 Å². The van der Waals surface area contributed by atoms with Crippen LogP contribution in [0.1, 0.15) is 6.42 Å². The summed E-state index contributed by atoms with van der Waals surface area (Å²) >= 11 is 0. The summed E-state index contributed by atoms with van der Waals surface area (Å²) in [5.74, 6) is 0.0684. The van der Waals surface area contributed by atoms with Gasteiger partial charge >= 0.3 is 0 Å². The Kier molecular flexibility index (Phi) is 1.66. The fourth-order valence-electron chi connectivity index (χ4n) is 1.18. The summed E-state index contributed by atoms with van der Waals surface area (Å²) in [6.07, 6.45) is 4.00. The smallest absolute Gasteiger partial charge is 0.240 e. The van der Waals surface area contributed by atoms with Crippen LogP contribution in [0.3, 0.4) is 0 Å². The summed E-state index contributed by atoms with van der Waals surface area (Å²) in [4.78, 5) is 14.8. The maximum atomic E-state index is 10.9. The number of anilines is 1. The van der Waals surface area contributed by atoms with Crippen molar-refractivity contribution in [2.24, 2.45) is 0 Å². The van der Waals surface area contributed by atoms with Crippen LogP contribution in [-0.2, 0) is 4.79 Å². The van der Waals surface area contributed by atoms with Crippen molar-refractivity contribution in [3.8, 4) is 0 Å². The predicted octanol–water partition coefficient (Wildman–Crippen LogP) is 0.323. The van der Waals surface area contributed by atoms with Crippen LogP contribution in [0.2, 0.25) is 0 Å². The first-order valence-corrected chi connectivity index (χ1v) is 3.83. The number of pyridine rings is 1. The SMILES string of the molecule is O=C1CCN(c2cccnc2)N1. The third kappa shape index (κ3) is 1.23. The molecule has 1 aromatic heterocycles. The van der Waals surface area contributed by atoms with Crippen molar-refractivity contribution in [1.82, 2.24) is 10.4 Å². The van der Waals surface area contributed by atoms with Crippen LogP contribution in [0.25, 0.3) is 0 Å². The van der Waals surface area contributed by atoms with Crippen LogP contribution in [0.4, 0.5) is 5.69 Å². The highest BCUT2D eigenvalue weighted by molar-refractivity contribution is 5.81. The molecule has 1 N–H and O–H groups in total. The van der Waals surface area contributed by atoms with Gasteiger partial charge in [-0.15, -0.1) is 0 Å². The molecule has 1 saturated heterocycles. The zero-order chi connectivity index (χ0) is 8.39. The van der Waals surface area contributed by atoms with Crippen molar-refractivity contribution in [3.63, 3.8) is 0 Å². The average Bonchev–Trinajstić information content (AvgIpc) is 2.54. The van der Waals surface area contributed by atoms with E-state index in [1.807, 2.05) is 12.1 Å². The number of nitrogens with one attached hydrogen (secondary N) is 1. The molecule has 1 aliphatic rings. The Morgan fingerprint density at radius 3 is 3.08 bits per heavy atom. The van der Waals surface area contributed by atoms with Crippen molar-refractivity contribution in [1.29, 1.82) is 0 Å². The lowest BCUT2D eigenvalue weighted by molar-refractivity contribution is -0.119. The maximum Gasteiger partial charge on any atom is 0.240 e. The Morgan fingerprint density at radius 2 is 2.50 bits per heavy atom. The average molecular weight is 163 g/mol. The summed E-state index contributed by atoms with van der Waals surface area (Å²) in [5.41, 5.74) is 3.66. The second-order valence-electron chi connectivity index (χ2n) is 2.65. The highest BCUT2D eigenvalue weighted by Gasteiger charge is 2.17. The molecule has 0 radical (unpaired) electrons. The Hall–Kier alpha value is -1.58. The van der Waals surface area contributed by atoms with Crippen LogP contribution in [0.15, 0.2) is 24.5 Å². The molecule has 0 aromatic carbocycles. The molecule has 0 bridgehead atoms. The van der Waals surface area contributed by atoms with Crippen LogP contribution in [0, 0.1) is 0 Å². The maximum absolute atomic E-state index is 10.9. The molecule has 4 nitrogen and oxygen atoms in total. The highest BCUT2D eigenvalue weighted by atomic mass is 16.2. The van der Waals surface area contributed by atoms with E-state index in [1.54, 1.807) is 17.4 Å². The molecule has 4 heteroatoms. The summed E-state index contributed by atoms with van der Waals surface area (Å²) < 4.78 is 0. The lowest BCUT2D eigenvalue weighted by atomic mass is 10.4. The fraction of sp³-hybridized carbons (Fsp3) is 0.250. The first-order chi connectivity index (χ1) is 5.86. The van der Waals surface area contributed by atoms with Gasteiger partial charge in [-0.3, -0.25) is 20.2 Å². The van der Waals surface area contributed by atoms with Crippen molar-refractivity contribution >= 4 is 11.6 Å². The van der Waals surface area contributed by atoms with E-state index in [1.165, 1.54) is 0 Å². The van der Waals surface area contributed by atoms with E-state index >= 15 is 0 Å². The number of carbonyl (C=O) groups is 1. The van der Waals surface area contributed by atoms with Gasteiger partial charge in [-0.05, 0) is 12.1 Å². The molecule has 1 amide bonds. The highest BCUT2D eigenvalue weighted by Crippen LogP contribution is 2.12. The second-order valence-corrected chi connectivity index (χ2v) is 2.65. The molecule has 12 heavy (non-hydrogen) atoms. The van der Waals surface area contributed by atoms with E-state index in [-0.39, 0.29) is 5.91 Å². The third-order valence-corrected chi connectivity index (χ3v) is 1.78. The lowest BCUT2D eigenvalue weighted by Gasteiger charge is -2.15. The number of hydrogen-bond acceptors (Lipinski definition) is 3. The Bertz CT molecular complexity index is 286. The molecule has 1 fully saturated rings. The Morgan fingerprint density at radius 1 is 1.58 bits per heavy atom. The first kappa shape index (κ1) is 7.09. The summed E-state index contributed by atoms with van der Waals surface area (Å²) in [6, 6.07) is 3.76. The first-order valence-electron chi connectivity index (χ1n) is 3.83. The Labute approximate surface area is 70.2 Å². The van der Waals surface area contributed by atoms with Gasteiger partial charge in [-0.1, -0.05) is 0 Å². The van der Waals surface area contributed by atoms with Gasteiger partial charge in [0.25, 0.3) is 0 Å². The number of amides is 1.